The number of aromatic nitrogens is 2. The van der Waals surface area contributed by atoms with Crippen molar-refractivity contribution in [2.75, 3.05) is 24.2 Å². The van der Waals surface area contributed by atoms with Crippen molar-refractivity contribution in [3.63, 3.8) is 0 Å². The third-order valence-electron chi connectivity index (χ3n) is 4.89. The highest BCUT2D eigenvalue weighted by Gasteiger charge is 2.39. The summed E-state index contributed by atoms with van der Waals surface area (Å²) in [5, 5.41) is 15.1. The summed E-state index contributed by atoms with van der Waals surface area (Å²) in [6, 6.07) is 16.9. The van der Waals surface area contributed by atoms with Crippen molar-refractivity contribution in [1.29, 1.82) is 0 Å². The van der Waals surface area contributed by atoms with Crippen LogP contribution in [0.3, 0.4) is 0 Å². The highest BCUT2D eigenvalue weighted by molar-refractivity contribution is 7.92. The van der Waals surface area contributed by atoms with Crippen LogP contribution in [0.5, 0.6) is 0 Å². The summed E-state index contributed by atoms with van der Waals surface area (Å²) >= 11 is 5.15. The van der Waals surface area contributed by atoms with E-state index < -0.39 is 14.6 Å². The quantitative estimate of drug-likeness (QED) is 0.384. The summed E-state index contributed by atoms with van der Waals surface area (Å²) in [5.74, 6) is 0.502. The van der Waals surface area contributed by atoms with Crippen LogP contribution in [0.25, 0.3) is 11.4 Å². The molecular formula is C22H25N5O3S2. The first kappa shape index (κ1) is 23.6. The standard InChI is InChI=1S/C22H25N5O3S2/c1-22(2,32(29,30)17-6-4-3-5-7-17)18-14-19(23)27-20(26-18)15-8-10-16(11-9-15)25-21(31)24-12-13-28/h3-11,14,28H,12-13H2,1-2H3,(H2,23,26,27)(H2,24,25,31). The molecule has 0 aliphatic rings. The average molecular weight is 472 g/mol. The third kappa shape index (κ3) is 5.04. The van der Waals surface area contributed by atoms with Crippen molar-refractivity contribution in [3.05, 3.63) is 66.4 Å². The number of aliphatic hydroxyl groups excluding tert-OH is 1. The molecule has 8 nitrogen and oxygen atoms in total. The minimum Gasteiger partial charge on any atom is -0.395 e. The molecule has 0 saturated heterocycles. The van der Waals surface area contributed by atoms with Gasteiger partial charge in [-0.3, -0.25) is 0 Å². The monoisotopic (exact) mass is 471 g/mol. The minimum absolute atomic E-state index is 0.0216. The molecule has 0 aliphatic heterocycles. The lowest BCUT2D eigenvalue weighted by atomic mass is 10.1. The SMILES string of the molecule is CC(C)(c1cc(N)nc(-c2ccc(NC(=S)NCCO)cc2)n1)S(=O)(=O)c1ccccc1. The molecule has 5 N–H and O–H groups in total. The van der Waals surface area contributed by atoms with Crippen molar-refractivity contribution < 1.29 is 13.5 Å². The van der Waals surface area contributed by atoms with Crippen molar-refractivity contribution in [2.24, 2.45) is 0 Å². The summed E-state index contributed by atoms with van der Waals surface area (Å²) in [6.45, 7) is 3.54. The molecule has 0 amide bonds. The maximum Gasteiger partial charge on any atom is 0.189 e. The van der Waals surface area contributed by atoms with E-state index in [4.69, 9.17) is 23.1 Å². The zero-order valence-corrected chi connectivity index (χ0v) is 19.4. The minimum atomic E-state index is -3.73. The Bertz CT molecular complexity index is 1200. The van der Waals surface area contributed by atoms with Gasteiger partial charge in [-0.15, -0.1) is 0 Å². The summed E-state index contributed by atoms with van der Waals surface area (Å²) in [5.41, 5.74) is 7.73. The highest BCUT2D eigenvalue weighted by atomic mass is 32.2. The van der Waals surface area contributed by atoms with Crippen LogP contribution in [0.4, 0.5) is 11.5 Å². The lowest BCUT2D eigenvalue weighted by Crippen LogP contribution is -2.31. The number of nitrogens with zero attached hydrogens (tertiary/aromatic N) is 2. The predicted molar refractivity (Wildman–Crippen MR) is 130 cm³/mol. The first-order chi connectivity index (χ1) is 15.1. The number of benzene rings is 2. The van der Waals surface area contributed by atoms with Gasteiger partial charge >= 0.3 is 0 Å². The molecule has 0 fully saturated rings. The van der Waals surface area contributed by atoms with Gasteiger partial charge in [-0.05, 0) is 62.5 Å². The lowest BCUT2D eigenvalue weighted by molar-refractivity contribution is 0.300. The Morgan fingerprint density at radius 1 is 1.09 bits per heavy atom. The van der Waals surface area contributed by atoms with Crippen molar-refractivity contribution >= 4 is 38.7 Å². The van der Waals surface area contributed by atoms with Crippen LogP contribution in [0.1, 0.15) is 19.5 Å². The second-order valence-electron chi connectivity index (χ2n) is 7.51. The number of hydrogen-bond acceptors (Lipinski definition) is 7. The van der Waals surface area contributed by atoms with Gasteiger partial charge in [0.25, 0.3) is 0 Å². The van der Waals surface area contributed by atoms with Crippen molar-refractivity contribution in [3.8, 4) is 11.4 Å². The Morgan fingerprint density at radius 3 is 2.38 bits per heavy atom. The van der Waals surface area contributed by atoms with Gasteiger partial charge in [-0.25, -0.2) is 18.4 Å². The van der Waals surface area contributed by atoms with E-state index in [1.165, 1.54) is 6.07 Å². The second-order valence-corrected chi connectivity index (χ2v) is 10.4. The number of nitrogens with one attached hydrogen (secondary N) is 2. The van der Waals surface area contributed by atoms with Gasteiger partial charge in [-0.2, -0.15) is 0 Å². The molecule has 0 spiro atoms. The summed E-state index contributed by atoms with van der Waals surface area (Å²) in [7, 11) is -3.73. The Hall–Kier alpha value is -3.08. The van der Waals surface area contributed by atoms with Crippen LogP contribution in [-0.4, -0.2) is 41.8 Å². The Balaban J connectivity index is 1.91. The van der Waals surface area contributed by atoms with E-state index in [9.17, 15) is 8.42 Å². The molecule has 32 heavy (non-hydrogen) atoms. The van der Waals surface area contributed by atoms with Crippen LogP contribution in [0, 0.1) is 0 Å². The first-order valence-electron chi connectivity index (χ1n) is 9.86. The number of nitrogens with two attached hydrogens (primary N) is 1. The zero-order valence-electron chi connectivity index (χ0n) is 17.7. The largest absolute Gasteiger partial charge is 0.395 e. The topological polar surface area (TPSA) is 130 Å². The molecule has 2 aromatic carbocycles. The van der Waals surface area contributed by atoms with E-state index in [1.54, 1.807) is 68.4 Å². The maximum atomic E-state index is 13.3. The van der Waals surface area contributed by atoms with E-state index in [0.717, 1.165) is 5.69 Å². The molecule has 0 radical (unpaired) electrons. The fourth-order valence-electron chi connectivity index (χ4n) is 2.98. The predicted octanol–water partition coefficient (Wildman–Crippen LogP) is 2.71. The van der Waals surface area contributed by atoms with E-state index in [2.05, 4.69) is 20.6 Å². The van der Waals surface area contributed by atoms with E-state index >= 15 is 0 Å². The van der Waals surface area contributed by atoms with Gasteiger partial charge in [0.1, 0.15) is 10.6 Å². The lowest BCUT2D eigenvalue weighted by Gasteiger charge is -2.25. The number of anilines is 2. The summed E-state index contributed by atoms with van der Waals surface area (Å²) in [4.78, 5) is 9.04. The molecule has 1 heterocycles. The van der Waals surface area contributed by atoms with Gasteiger partial charge in [0.05, 0.1) is 17.2 Å². The zero-order chi connectivity index (χ0) is 23.4. The molecule has 168 valence electrons. The average Bonchev–Trinajstić information content (AvgIpc) is 2.78. The molecule has 1 aromatic heterocycles. The number of nitrogen functional groups attached to an aromatic ring is 1. The number of thiocarbonyl (C=S) groups is 1. The van der Waals surface area contributed by atoms with E-state index in [1.807, 2.05) is 0 Å². The van der Waals surface area contributed by atoms with Gasteiger partial charge in [-0.1, -0.05) is 18.2 Å². The Kier molecular flexibility index (Phi) is 7.07. The highest BCUT2D eigenvalue weighted by Crippen LogP contribution is 2.35. The second kappa shape index (κ2) is 9.60. The summed E-state index contributed by atoms with van der Waals surface area (Å²) in [6.07, 6.45) is 0. The van der Waals surface area contributed by atoms with Crippen molar-refractivity contribution in [2.45, 2.75) is 23.5 Å². The van der Waals surface area contributed by atoms with Crippen LogP contribution in [0.15, 0.2) is 65.6 Å². The number of hydrogen-bond donors (Lipinski definition) is 4. The van der Waals surface area contributed by atoms with Crippen LogP contribution in [0.2, 0.25) is 0 Å². The maximum absolute atomic E-state index is 13.3. The molecule has 3 rings (SSSR count). The molecule has 0 unspecified atom stereocenters. The number of sulfone groups is 1. The van der Waals surface area contributed by atoms with E-state index in [-0.39, 0.29) is 17.3 Å². The van der Waals surface area contributed by atoms with Gasteiger partial charge in [0.15, 0.2) is 20.8 Å². The smallest absolute Gasteiger partial charge is 0.189 e. The van der Waals surface area contributed by atoms with Gasteiger partial charge in [0.2, 0.25) is 0 Å². The molecule has 0 saturated carbocycles. The van der Waals surface area contributed by atoms with Crippen LogP contribution in [-0.2, 0) is 14.6 Å². The molecule has 0 bridgehead atoms. The normalized spacial score (nSPS) is 11.7. The first-order valence-corrected chi connectivity index (χ1v) is 11.7. The fourth-order valence-corrected chi connectivity index (χ4v) is 4.69. The number of rotatable bonds is 7. The van der Waals surface area contributed by atoms with Crippen molar-refractivity contribution in [1.82, 2.24) is 15.3 Å². The summed E-state index contributed by atoms with van der Waals surface area (Å²) < 4.78 is 25.3. The Labute approximate surface area is 192 Å². The molecule has 0 atom stereocenters. The molecular weight excluding hydrogens is 446 g/mol. The van der Waals surface area contributed by atoms with Gasteiger partial charge in [0, 0.05) is 23.9 Å². The molecule has 3 aromatic rings. The fraction of sp³-hybridized carbons (Fsp3) is 0.227. The molecule has 10 heteroatoms. The third-order valence-corrected chi connectivity index (χ3v) is 7.58. The Morgan fingerprint density at radius 2 is 1.75 bits per heavy atom. The molecule has 0 aliphatic carbocycles. The van der Waals surface area contributed by atoms with Gasteiger partial charge < -0.3 is 21.5 Å². The van der Waals surface area contributed by atoms with Crippen LogP contribution < -0.4 is 16.4 Å². The number of aliphatic hydroxyl groups is 1. The van der Waals surface area contributed by atoms with E-state index in [0.29, 0.717) is 28.7 Å². The van der Waals surface area contributed by atoms with Crippen LogP contribution >= 0.6 is 12.2 Å².